The number of alkyl halides is 2. The topological polar surface area (TPSA) is 64.7 Å². The number of aromatic nitrogens is 3. The third-order valence-corrected chi connectivity index (χ3v) is 2.23. The highest BCUT2D eigenvalue weighted by Gasteiger charge is 2.15. The highest BCUT2D eigenvalue weighted by Crippen LogP contribution is 2.24. The zero-order valence-corrected chi connectivity index (χ0v) is 9.20. The van der Waals surface area contributed by atoms with E-state index in [4.69, 9.17) is 17.3 Å². The van der Waals surface area contributed by atoms with Crippen LogP contribution < -0.4 is 5.73 Å². The van der Waals surface area contributed by atoms with Gasteiger partial charge in [0.1, 0.15) is 11.4 Å². The first-order chi connectivity index (χ1) is 8.08. The van der Waals surface area contributed by atoms with E-state index in [0.29, 0.717) is 10.7 Å². The molecular formula is C10H7ClF2N4. The van der Waals surface area contributed by atoms with Gasteiger partial charge in [-0.05, 0) is 12.1 Å². The quantitative estimate of drug-likeness (QED) is 0.897. The van der Waals surface area contributed by atoms with Gasteiger partial charge in [-0.2, -0.15) is 0 Å². The Labute approximate surface area is 100 Å². The molecular weight excluding hydrogens is 250 g/mol. The second-order valence-corrected chi connectivity index (χ2v) is 3.63. The number of hydrogen-bond acceptors (Lipinski definition) is 4. The zero-order chi connectivity index (χ0) is 12.4. The molecule has 0 saturated heterocycles. The van der Waals surface area contributed by atoms with Gasteiger partial charge in [0.2, 0.25) is 0 Å². The first-order valence-corrected chi connectivity index (χ1v) is 4.98. The van der Waals surface area contributed by atoms with Gasteiger partial charge in [-0.3, -0.25) is 4.98 Å². The van der Waals surface area contributed by atoms with Crippen LogP contribution in [-0.2, 0) is 0 Å². The Bertz CT molecular complexity index is 530. The lowest BCUT2D eigenvalue weighted by atomic mass is 10.3. The van der Waals surface area contributed by atoms with Crippen molar-refractivity contribution in [3.8, 4) is 11.5 Å². The Balaban J connectivity index is 2.46. The van der Waals surface area contributed by atoms with Crippen molar-refractivity contribution in [2.45, 2.75) is 6.43 Å². The molecule has 2 aromatic heterocycles. The summed E-state index contributed by atoms with van der Waals surface area (Å²) < 4.78 is 25.2. The number of nitrogens with two attached hydrogens (primary N) is 1. The van der Waals surface area contributed by atoms with Gasteiger partial charge in [0.05, 0.1) is 16.9 Å². The van der Waals surface area contributed by atoms with Crippen molar-refractivity contribution in [3.63, 3.8) is 0 Å². The van der Waals surface area contributed by atoms with Crippen molar-refractivity contribution in [2.75, 3.05) is 5.73 Å². The van der Waals surface area contributed by atoms with E-state index in [2.05, 4.69) is 15.0 Å². The van der Waals surface area contributed by atoms with Gasteiger partial charge < -0.3 is 5.73 Å². The number of anilines is 1. The lowest BCUT2D eigenvalue weighted by Gasteiger charge is -2.05. The van der Waals surface area contributed by atoms with Crippen LogP contribution in [0, 0.1) is 0 Å². The fourth-order valence-corrected chi connectivity index (χ4v) is 1.32. The van der Waals surface area contributed by atoms with Crippen LogP contribution in [0.2, 0.25) is 5.02 Å². The molecule has 4 nitrogen and oxygen atoms in total. The molecule has 0 amide bonds. The van der Waals surface area contributed by atoms with Crippen molar-refractivity contribution in [3.05, 3.63) is 35.2 Å². The summed E-state index contributed by atoms with van der Waals surface area (Å²) in [7, 11) is 0. The Morgan fingerprint density at radius 1 is 1.18 bits per heavy atom. The van der Waals surface area contributed by atoms with E-state index >= 15 is 0 Å². The van der Waals surface area contributed by atoms with E-state index in [1.165, 1.54) is 6.20 Å². The normalized spacial score (nSPS) is 10.8. The van der Waals surface area contributed by atoms with Gasteiger partial charge in [0, 0.05) is 6.20 Å². The number of rotatable bonds is 2. The number of hydrogen-bond donors (Lipinski definition) is 1. The average molecular weight is 257 g/mol. The molecule has 0 fully saturated rings. The minimum absolute atomic E-state index is 0.0890. The van der Waals surface area contributed by atoms with E-state index in [1.807, 2.05) is 0 Å². The van der Waals surface area contributed by atoms with Crippen molar-refractivity contribution < 1.29 is 8.78 Å². The molecule has 7 heteroatoms. The van der Waals surface area contributed by atoms with Crippen molar-refractivity contribution in [1.29, 1.82) is 0 Å². The summed E-state index contributed by atoms with van der Waals surface area (Å²) in [5.41, 5.74) is 5.07. The fraction of sp³-hybridized carbons (Fsp3) is 0.100. The monoisotopic (exact) mass is 256 g/mol. The lowest BCUT2D eigenvalue weighted by Crippen LogP contribution is -2.02. The highest BCUT2D eigenvalue weighted by atomic mass is 35.5. The molecule has 0 bridgehead atoms. The van der Waals surface area contributed by atoms with E-state index in [0.717, 1.165) is 6.20 Å². The summed E-state index contributed by atoms with van der Waals surface area (Å²) in [4.78, 5) is 11.5. The summed E-state index contributed by atoms with van der Waals surface area (Å²) in [5.74, 6) is 0.0890. The van der Waals surface area contributed by atoms with Gasteiger partial charge in [-0.15, -0.1) is 0 Å². The number of nitrogen functional groups attached to an aromatic ring is 1. The molecule has 0 unspecified atom stereocenters. The maximum Gasteiger partial charge on any atom is 0.282 e. The maximum atomic E-state index is 12.6. The van der Waals surface area contributed by atoms with E-state index in [9.17, 15) is 8.78 Å². The largest absolute Gasteiger partial charge is 0.396 e. The molecule has 0 spiro atoms. The lowest BCUT2D eigenvalue weighted by molar-refractivity contribution is 0.147. The number of pyridine rings is 1. The second kappa shape index (κ2) is 4.58. The molecule has 2 aromatic rings. The van der Waals surface area contributed by atoms with Crippen LogP contribution in [-0.4, -0.2) is 15.0 Å². The van der Waals surface area contributed by atoms with Crippen LogP contribution in [0.15, 0.2) is 24.5 Å². The molecule has 2 heterocycles. The molecule has 88 valence electrons. The van der Waals surface area contributed by atoms with Gasteiger partial charge in [0.15, 0.2) is 5.82 Å². The van der Waals surface area contributed by atoms with E-state index in [1.54, 1.807) is 12.1 Å². The van der Waals surface area contributed by atoms with Crippen LogP contribution in [0.1, 0.15) is 12.1 Å². The summed E-state index contributed by atoms with van der Waals surface area (Å²) in [6.07, 6.45) is -0.220. The van der Waals surface area contributed by atoms with Gasteiger partial charge in [-0.1, -0.05) is 11.6 Å². The van der Waals surface area contributed by atoms with Crippen LogP contribution in [0.25, 0.3) is 11.5 Å². The number of nitrogens with zero attached hydrogens (tertiary/aromatic N) is 3. The first-order valence-electron chi connectivity index (χ1n) is 4.60. The molecule has 0 aliphatic rings. The van der Waals surface area contributed by atoms with Crippen LogP contribution >= 0.6 is 11.6 Å². The van der Waals surface area contributed by atoms with Crippen LogP contribution in [0.3, 0.4) is 0 Å². The summed E-state index contributed by atoms with van der Waals surface area (Å²) in [6.45, 7) is 0. The Kier molecular flexibility index (Phi) is 3.14. The molecule has 2 N–H and O–H groups in total. The zero-order valence-electron chi connectivity index (χ0n) is 8.44. The van der Waals surface area contributed by atoms with Gasteiger partial charge in [-0.25, -0.2) is 18.7 Å². The minimum atomic E-state index is -2.75. The first kappa shape index (κ1) is 11.7. The third kappa shape index (κ3) is 2.47. The van der Waals surface area contributed by atoms with Crippen molar-refractivity contribution >= 4 is 17.3 Å². The molecule has 0 atom stereocenters. The maximum absolute atomic E-state index is 12.6. The summed E-state index contributed by atoms with van der Waals surface area (Å²) in [5, 5.41) is 0.443. The number of halogens is 3. The van der Waals surface area contributed by atoms with Gasteiger partial charge >= 0.3 is 0 Å². The molecule has 0 saturated carbocycles. The second-order valence-electron chi connectivity index (χ2n) is 3.20. The Morgan fingerprint density at radius 3 is 2.53 bits per heavy atom. The average Bonchev–Trinajstić information content (AvgIpc) is 2.30. The van der Waals surface area contributed by atoms with Crippen LogP contribution in [0.4, 0.5) is 14.5 Å². The summed E-state index contributed by atoms with van der Waals surface area (Å²) in [6, 6.07) is 3.12. The van der Waals surface area contributed by atoms with E-state index in [-0.39, 0.29) is 11.5 Å². The molecule has 0 radical (unpaired) electrons. The molecule has 0 aliphatic carbocycles. The predicted molar refractivity (Wildman–Crippen MR) is 59.6 cm³/mol. The van der Waals surface area contributed by atoms with Gasteiger partial charge in [0.25, 0.3) is 6.43 Å². The SMILES string of the molecule is Nc1cnc(-c2ccc(Cl)cn2)nc1C(F)F. The standard InChI is InChI=1S/C10H7ClF2N4/c11-5-1-2-7(15-3-5)10-16-4-6(14)8(17-10)9(12)13/h1-4,9H,14H2. The Hall–Kier alpha value is -1.82. The summed E-state index contributed by atoms with van der Waals surface area (Å²) >= 11 is 5.66. The highest BCUT2D eigenvalue weighted by molar-refractivity contribution is 6.30. The molecule has 2 rings (SSSR count). The van der Waals surface area contributed by atoms with E-state index < -0.39 is 12.1 Å². The van der Waals surface area contributed by atoms with Crippen molar-refractivity contribution in [1.82, 2.24) is 15.0 Å². The van der Waals surface area contributed by atoms with Crippen molar-refractivity contribution in [2.24, 2.45) is 0 Å². The minimum Gasteiger partial charge on any atom is -0.396 e. The van der Waals surface area contributed by atoms with Crippen LogP contribution in [0.5, 0.6) is 0 Å². The molecule has 0 aliphatic heterocycles. The molecule has 0 aromatic carbocycles. The molecule has 17 heavy (non-hydrogen) atoms. The smallest absolute Gasteiger partial charge is 0.282 e. The predicted octanol–water partition coefficient (Wildman–Crippen LogP) is 2.71. The fourth-order valence-electron chi connectivity index (χ4n) is 1.21. The third-order valence-electron chi connectivity index (χ3n) is 2.01. The Morgan fingerprint density at radius 2 is 1.94 bits per heavy atom.